The van der Waals surface area contributed by atoms with Crippen LogP contribution in [-0.2, 0) is 13.1 Å². The van der Waals surface area contributed by atoms with Crippen molar-refractivity contribution >= 4 is 16.9 Å². The highest BCUT2D eigenvalue weighted by Gasteiger charge is 2.10. The fraction of sp³-hybridized carbons (Fsp3) is 0.278. The maximum absolute atomic E-state index is 12.2. The molecule has 130 valence electrons. The van der Waals surface area contributed by atoms with Gasteiger partial charge in [-0.15, -0.1) is 0 Å². The molecule has 0 unspecified atom stereocenters. The lowest BCUT2D eigenvalue weighted by Gasteiger charge is -2.16. The van der Waals surface area contributed by atoms with E-state index >= 15 is 0 Å². The number of pyridine rings is 1. The Balaban J connectivity index is 1.62. The maximum Gasteiger partial charge on any atom is 0.315 e. The van der Waals surface area contributed by atoms with Crippen LogP contribution >= 0.6 is 0 Å². The number of aromatic nitrogens is 3. The number of amides is 2. The van der Waals surface area contributed by atoms with E-state index in [1.165, 1.54) is 0 Å². The molecule has 0 aliphatic heterocycles. The van der Waals surface area contributed by atoms with Gasteiger partial charge in [0.2, 0.25) is 5.88 Å². The summed E-state index contributed by atoms with van der Waals surface area (Å²) in [5.74, 6) is 0.532. The van der Waals surface area contributed by atoms with Gasteiger partial charge < -0.3 is 19.9 Å². The van der Waals surface area contributed by atoms with Gasteiger partial charge in [-0.2, -0.15) is 0 Å². The van der Waals surface area contributed by atoms with Gasteiger partial charge in [0.05, 0.1) is 19.0 Å². The Bertz CT molecular complexity index is 848. The Morgan fingerprint density at radius 3 is 2.96 bits per heavy atom. The summed E-state index contributed by atoms with van der Waals surface area (Å²) in [6.07, 6.45) is 5.31. The molecule has 0 radical (unpaired) electrons. The normalized spacial score (nSPS) is 11.9. The number of para-hydroxylation sites is 1. The first-order chi connectivity index (χ1) is 12.2. The number of ether oxygens (including phenoxy) is 1. The lowest BCUT2D eigenvalue weighted by atomic mass is 10.1. The van der Waals surface area contributed by atoms with Crippen LogP contribution in [0.3, 0.4) is 0 Å². The Kier molecular flexibility index (Phi) is 5.13. The number of nitrogens with zero attached hydrogens (tertiary/aromatic N) is 3. The molecule has 0 aliphatic carbocycles. The summed E-state index contributed by atoms with van der Waals surface area (Å²) in [5, 5.41) is 6.81. The number of hydrogen-bond acceptors (Lipinski definition) is 4. The molecule has 0 bridgehead atoms. The van der Waals surface area contributed by atoms with E-state index in [1.807, 2.05) is 48.0 Å². The van der Waals surface area contributed by atoms with Crippen molar-refractivity contribution < 1.29 is 9.53 Å². The van der Waals surface area contributed by atoms with Crippen LogP contribution in [0.15, 0.2) is 49.1 Å². The van der Waals surface area contributed by atoms with Crippen LogP contribution in [0.5, 0.6) is 5.88 Å². The highest BCUT2D eigenvalue weighted by molar-refractivity contribution is 5.83. The summed E-state index contributed by atoms with van der Waals surface area (Å²) in [5.41, 5.74) is 1.80. The lowest BCUT2D eigenvalue weighted by molar-refractivity contribution is 0.236. The molecule has 3 aromatic rings. The number of carbonyl (C=O) groups is 1. The first kappa shape index (κ1) is 16.8. The number of hydrogen-bond donors (Lipinski definition) is 2. The van der Waals surface area contributed by atoms with Crippen LogP contribution in [0.1, 0.15) is 12.5 Å². The molecule has 1 aromatic carbocycles. The van der Waals surface area contributed by atoms with Crippen molar-refractivity contribution in [2.45, 2.75) is 26.1 Å². The molecule has 3 rings (SSSR count). The summed E-state index contributed by atoms with van der Waals surface area (Å²) in [7, 11) is 1.58. The zero-order valence-electron chi connectivity index (χ0n) is 14.3. The zero-order valence-corrected chi connectivity index (χ0v) is 14.3. The van der Waals surface area contributed by atoms with Gasteiger partial charge in [-0.25, -0.2) is 14.8 Å². The molecule has 0 aliphatic rings. The van der Waals surface area contributed by atoms with Crippen LogP contribution in [0.2, 0.25) is 0 Å². The molecular weight excluding hydrogens is 318 g/mol. The number of urea groups is 1. The first-order valence-corrected chi connectivity index (χ1v) is 8.08. The molecule has 2 N–H and O–H groups in total. The van der Waals surface area contributed by atoms with Gasteiger partial charge in [0.1, 0.15) is 0 Å². The molecular formula is C18H21N5O2. The predicted molar refractivity (Wildman–Crippen MR) is 95.4 cm³/mol. The summed E-state index contributed by atoms with van der Waals surface area (Å²) >= 11 is 0. The Labute approximate surface area is 146 Å². The fourth-order valence-corrected chi connectivity index (χ4v) is 2.68. The SMILES string of the molecule is COc1cc(CNC(=O)N[C@H](C)Cn2ccnc2)c2ccccc2n1. The number of methoxy groups -OCH3 is 1. The second-order valence-corrected chi connectivity index (χ2v) is 5.83. The smallest absolute Gasteiger partial charge is 0.315 e. The minimum Gasteiger partial charge on any atom is -0.481 e. The Hall–Kier alpha value is -3.09. The van der Waals surface area contributed by atoms with E-state index in [4.69, 9.17) is 4.74 Å². The molecule has 25 heavy (non-hydrogen) atoms. The second kappa shape index (κ2) is 7.65. The molecule has 0 saturated heterocycles. The quantitative estimate of drug-likeness (QED) is 0.722. The van der Waals surface area contributed by atoms with Gasteiger partial charge in [0.15, 0.2) is 0 Å². The van der Waals surface area contributed by atoms with Crippen molar-refractivity contribution in [3.05, 3.63) is 54.6 Å². The highest BCUT2D eigenvalue weighted by atomic mass is 16.5. The standard InChI is InChI=1S/C18H21N5O2/c1-13(11-23-8-7-19-12-23)21-18(24)20-10-14-9-17(25-2)22-16-6-4-3-5-15(14)16/h3-9,12-13H,10-11H2,1-2H3,(H2,20,21,24)/t13-/m1/s1. The molecule has 2 aromatic heterocycles. The van der Waals surface area contributed by atoms with Crippen molar-refractivity contribution in [1.82, 2.24) is 25.2 Å². The van der Waals surface area contributed by atoms with Crippen molar-refractivity contribution in [3.8, 4) is 5.88 Å². The largest absolute Gasteiger partial charge is 0.481 e. The summed E-state index contributed by atoms with van der Waals surface area (Å²) < 4.78 is 7.17. The van der Waals surface area contributed by atoms with Crippen molar-refractivity contribution in [1.29, 1.82) is 0 Å². The summed E-state index contributed by atoms with van der Waals surface area (Å²) in [6.45, 7) is 3.01. The maximum atomic E-state index is 12.2. The van der Waals surface area contributed by atoms with E-state index in [2.05, 4.69) is 20.6 Å². The molecule has 2 amide bonds. The number of benzene rings is 1. The lowest BCUT2D eigenvalue weighted by Crippen LogP contribution is -2.42. The number of carbonyl (C=O) groups excluding carboxylic acids is 1. The van der Waals surface area contributed by atoms with Crippen LogP contribution in [-0.4, -0.2) is 33.7 Å². The average Bonchev–Trinajstić information content (AvgIpc) is 3.12. The molecule has 1 atom stereocenters. The van der Waals surface area contributed by atoms with Crippen LogP contribution in [0.4, 0.5) is 4.79 Å². The fourth-order valence-electron chi connectivity index (χ4n) is 2.68. The van der Waals surface area contributed by atoms with Gasteiger partial charge >= 0.3 is 6.03 Å². The number of imidazole rings is 1. The Morgan fingerprint density at radius 2 is 2.20 bits per heavy atom. The van der Waals surface area contributed by atoms with Gasteiger partial charge in [-0.05, 0) is 18.6 Å². The van der Waals surface area contributed by atoms with E-state index in [1.54, 1.807) is 19.6 Å². The monoisotopic (exact) mass is 339 g/mol. The molecule has 0 fully saturated rings. The number of nitrogens with one attached hydrogen (secondary N) is 2. The topological polar surface area (TPSA) is 81.1 Å². The van der Waals surface area contributed by atoms with Crippen LogP contribution < -0.4 is 15.4 Å². The number of fused-ring (bicyclic) bond motifs is 1. The van der Waals surface area contributed by atoms with Crippen molar-refractivity contribution in [2.75, 3.05) is 7.11 Å². The van der Waals surface area contributed by atoms with E-state index in [0.29, 0.717) is 19.0 Å². The molecule has 7 nitrogen and oxygen atoms in total. The third-order valence-corrected chi connectivity index (χ3v) is 3.85. The zero-order chi connectivity index (χ0) is 17.6. The van der Waals surface area contributed by atoms with Gasteiger partial charge in [0, 0.05) is 43.0 Å². The molecule has 0 spiro atoms. The molecule has 2 heterocycles. The first-order valence-electron chi connectivity index (χ1n) is 8.08. The molecule has 7 heteroatoms. The highest BCUT2D eigenvalue weighted by Crippen LogP contribution is 2.21. The molecule has 0 saturated carbocycles. The minimum absolute atomic E-state index is 0.0158. The minimum atomic E-state index is -0.215. The summed E-state index contributed by atoms with van der Waals surface area (Å²) in [6, 6.07) is 9.40. The summed E-state index contributed by atoms with van der Waals surface area (Å²) in [4.78, 5) is 20.6. The van der Waals surface area contributed by atoms with E-state index in [9.17, 15) is 4.79 Å². The number of rotatable bonds is 6. The van der Waals surface area contributed by atoms with Gasteiger partial charge in [0.25, 0.3) is 0 Å². The second-order valence-electron chi connectivity index (χ2n) is 5.83. The van der Waals surface area contributed by atoms with E-state index in [-0.39, 0.29) is 12.1 Å². The Morgan fingerprint density at radius 1 is 1.36 bits per heavy atom. The van der Waals surface area contributed by atoms with Crippen molar-refractivity contribution in [3.63, 3.8) is 0 Å². The van der Waals surface area contributed by atoms with Gasteiger partial charge in [-0.1, -0.05) is 18.2 Å². The third kappa shape index (κ3) is 4.26. The van der Waals surface area contributed by atoms with E-state index < -0.39 is 0 Å². The van der Waals surface area contributed by atoms with Gasteiger partial charge in [-0.3, -0.25) is 0 Å². The predicted octanol–water partition coefficient (Wildman–Crippen LogP) is 2.33. The van der Waals surface area contributed by atoms with E-state index in [0.717, 1.165) is 16.5 Å². The third-order valence-electron chi connectivity index (χ3n) is 3.85. The average molecular weight is 339 g/mol. The van der Waals surface area contributed by atoms with Crippen LogP contribution in [0.25, 0.3) is 10.9 Å². The van der Waals surface area contributed by atoms with Crippen LogP contribution in [0, 0.1) is 0 Å². The van der Waals surface area contributed by atoms with Crippen molar-refractivity contribution in [2.24, 2.45) is 0 Å².